The van der Waals surface area contributed by atoms with Gasteiger partial charge in [-0.05, 0) is 31.2 Å². The van der Waals surface area contributed by atoms with E-state index in [2.05, 4.69) is 10.3 Å². The van der Waals surface area contributed by atoms with E-state index in [1.54, 1.807) is 51.9 Å². The first kappa shape index (κ1) is 19.7. The van der Waals surface area contributed by atoms with Crippen molar-refractivity contribution in [1.29, 1.82) is 0 Å². The fraction of sp³-hybridized carbons (Fsp3) is 0.250. The Hall–Kier alpha value is -4.01. The van der Waals surface area contributed by atoms with Gasteiger partial charge in [-0.2, -0.15) is 5.10 Å². The molecule has 6 rings (SSSR count). The van der Waals surface area contributed by atoms with Crippen LogP contribution in [0, 0.1) is 24.6 Å². The van der Waals surface area contributed by atoms with Crippen molar-refractivity contribution in [3.63, 3.8) is 0 Å². The van der Waals surface area contributed by atoms with Crippen LogP contribution < -0.4 is 4.90 Å². The van der Waals surface area contributed by atoms with Gasteiger partial charge in [0.25, 0.3) is 5.91 Å². The molecule has 9 heteroatoms. The molecule has 2 saturated heterocycles. The van der Waals surface area contributed by atoms with Crippen molar-refractivity contribution < 1.29 is 18.5 Å². The van der Waals surface area contributed by atoms with E-state index in [9.17, 15) is 14.0 Å². The molecule has 2 fully saturated rings. The van der Waals surface area contributed by atoms with E-state index in [0.717, 1.165) is 16.6 Å². The molecule has 0 aliphatic carbocycles. The second-order valence-corrected chi connectivity index (χ2v) is 8.57. The number of benzene rings is 2. The molecule has 0 saturated carbocycles. The molecule has 0 radical (unpaired) electrons. The number of halogens is 1. The van der Waals surface area contributed by atoms with Gasteiger partial charge in [-0.15, -0.1) is 0 Å². The Morgan fingerprint density at radius 2 is 1.91 bits per heavy atom. The van der Waals surface area contributed by atoms with Gasteiger partial charge >= 0.3 is 0 Å². The highest BCUT2D eigenvalue weighted by molar-refractivity contribution is 6.06. The van der Waals surface area contributed by atoms with Crippen LogP contribution in [0.15, 0.2) is 59.3 Å². The van der Waals surface area contributed by atoms with Crippen molar-refractivity contribution in [2.45, 2.75) is 6.92 Å². The number of amides is 2. The van der Waals surface area contributed by atoms with Crippen LogP contribution >= 0.6 is 0 Å². The standard InChI is InChI=1S/C24H20FN5O3/c1-14-9-19(27-33-14)24(32)28-11-15-12-29(23(31)17(15)13-28)20-7-4-8-21-16(20)10-26-30(21)22-6-3-2-5-18(22)25/h2-10,15,17H,11-13H2,1H3/t15-,17+/m1/s1. The Morgan fingerprint density at radius 3 is 2.67 bits per heavy atom. The summed E-state index contributed by atoms with van der Waals surface area (Å²) in [6.45, 7) is 3.09. The molecule has 2 aromatic heterocycles. The fourth-order valence-electron chi connectivity index (χ4n) is 4.96. The van der Waals surface area contributed by atoms with Gasteiger partial charge < -0.3 is 14.3 Å². The van der Waals surface area contributed by atoms with E-state index < -0.39 is 0 Å². The van der Waals surface area contributed by atoms with Crippen LogP contribution in [-0.2, 0) is 4.79 Å². The van der Waals surface area contributed by atoms with E-state index in [-0.39, 0.29) is 35.2 Å². The molecule has 166 valence electrons. The molecule has 4 aromatic rings. The normalized spacial score (nSPS) is 20.1. The summed E-state index contributed by atoms with van der Waals surface area (Å²) in [5.74, 6) is -0.257. The Balaban J connectivity index is 1.28. The first-order valence-corrected chi connectivity index (χ1v) is 10.8. The predicted octanol–water partition coefficient (Wildman–Crippen LogP) is 3.20. The molecule has 2 aliphatic rings. The molecule has 8 nitrogen and oxygen atoms in total. The quantitative estimate of drug-likeness (QED) is 0.484. The second kappa shape index (κ2) is 7.26. The highest BCUT2D eigenvalue weighted by Crippen LogP contribution is 2.38. The Bertz CT molecular complexity index is 1410. The fourth-order valence-corrected chi connectivity index (χ4v) is 4.96. The molecule has 4 heterocycles. The zero-order valence-corrected chi connectivity index (χ0v) is 17.8. The highest BCUT2D eigenvalue weighted by Gasteiger charge is 2.48. The number of aromatic nitrogens is 3. The van der Waals surface area contributed by atoms with Crippen LogP contribution in [0.3, 0.4) is 0 Å². The van der Waals surface area contributed by atoms with Gasteiger partial charge in [0.05, 0.1) is 23.3 Å². The molecule has 33 heavy (non-hydrogen) atoms. The van der Waals surface area contributed by atoms with Crippen LogP contribution in [0.4, 0.5) is 10.1 Å². The van der Waals surface area contributed by atoms with E-state index in [1.165, 1.54) is 6.07 Å². The van der Waals surface area contributed by atoms with Gasteiger partial charge in [0, 0.05) is 37.0 Å². The zero-order valence-electron chi connectivity index (χ0n) is 17.8. The lowest BCUT2D eigenvalue weighted by Crippen LogP contribution is -2.35. The predicted molar refractivity (Wildman–Crippen MR) is 118 cm³/mol. The summed E-state index contributed by atoms with van der Waals surface area (Å²) in [4.78, 5) is 29.5. The van der Waals surface area contributed by atoms with Crippen LogP contribution in [0.1, 0.15) is 16.2 Å². The topological polar surface area (TPSA) is 84.5 Å². The second-order valence-electron chi connectivity index (χ2n) is 8.57. The van der Waals surface area contributed by atoms with Crippen molar-refractivity contribution in [2.24, 2.45) is 11.8 Å². The lowest BCUT2D eigenvalue weighted by atomic mass is 10.0. The molecule has 0 N–H and O–H groups in total. The summed E-state index contributed by atoms with van der Waals surface area (Å²) in [5, 5.41) is 8.98. The minimum atomic E-state index is -0.369. The number of anilines is 1. The molecule has 0 spiro atoms. The SMILES string of the molecule is Cc1cc(C(=O)N2C[C@@H]3CN(c4cccc5c4cnn5-c4ccccc4F)C(=O)[C@H]3C2)no1. The Kier molecular flexibility index (Phi) is 4.33. The van der Waals surface area contributed by atoms with Gasteiger partial charge in [0.1, 0.15) is 17.3 Å². The summed E-state index contributed by atoms with van der Waals surface area (Å²) in [6, 6.07) is 13.7. The maximum Gasteiger partial charge on any atom is 0.276 e. The summed E-state index contributed by atoms with van der Waals surface area (Å²) in [6.07, 6.45) is 1.67. The van der Waals surface area contributed by atoms with E-state index in [4.69, 9.17) is 4.52 Å². The first-order chi connectivity index (χ1) is 16.0. The van der Waals surface area contributed by atoms with Crippen LogP contribution in [0.2, 0.25) is 0 Å². The smallest absolute Gasteiger partial charge is 0.276 e. The van der Waals surface area contributed by atoms with Gasteiger partial charge in [0.15, 0.2) is 5.69 Å². The third-order valence-electron chi connectivity index (χ3n) is 6.54. The molecule has 2 aliphatic heterocycles. The number of rotatable bonds is 3. The average Bonchev–Trinajstić information content (AvgIpc) is 3.58. The molecule has 2 amide bonds. The number of para-hydroxylation sites is 1. The minimum absolute atomic E-state index is 0.0159. The van der Waals surface area contributed by atoms with Crippen molar-refractivity contribution in [1.82, 2.24) is 19.8 Å². The monoisotopic (exact) mass is 445 g/mol. The number of fused-ring (bicyclic) bond motifs is 2. The number of carbonyl (C=O) groups excluding carboxylic acids is 2. The molecule has 0 unspecified atom stereocenters. The number of hydrogen-bond donors (Lipinski definition) is 0. The van der Waals surface area contributed by atoms with Gasteiger partial charge in [-0.3, -0.25) is 9.59 Å². The summed E-state index contributed by atoms with van der Waals surface area (Å²) < 4.78 is 20.9. The van der Waals surface area contributed by atoms with Crippen molar-refractivity contribution in [2.75, 3.05) is 24.5 Å². The third kappa shape index (κ3) is 3.03. The molecule has 2 atom stereocenters. The number of likely N-dealkylation sites (tertiary alicyclic amines) is 1. The van der Waals surface area contributed by atoms with Crippen LogP contribution in [0.25, 0.3) is 16.6 Å². The van der Waals surface area contributed by atoms with Crippen molar-refractivity contribution in [3.05, 3.63) is 72.0 Å². The molecular weight excluding hydrogens is 425 g/mol. The Labute approximate surface area is 188 Å². The number of hydrogen-bond acceptors (Lipinski definition) is 5. The van der Waals surface area contributed by atoms with Crippen LogP contribution in [-0.4, -0.2) is 51.3 Å². The van der Waals surface area contributed by atoms with Gasteiger partial charge in [-0.25, -0.2) is 9.07 Å². The third-order valence-corrected chi connectivity index (χ3v) is 6.54. The highest BCUT2D eigenvalue weighted by atomic mass is 19.1. The van der Waals surface area contributed by atoms with Gasteiger partial charge in [-0.1, -0.05) is 23.4 Å². The molecule has 2 aromatic carbocycles. The summed E-state index contributed by atoms with van der Waals surface area (Å²) in [7, 11) is 0. The summed E-state index contributed by atoms with van der Waals surface area (Å²) >= 11 is 0. The van der Waals surface area contributed by atoms with E-state index >= 15 is 0 Å². The average molecular weight is 445 g/mol. The maximum absolute atomic E-state index is 14.4. The zero-order chi connectivity index (χ0) is 22.7. The van der Waals surface area contributed by atoms with E-state index in [1.807, 2.05) is 18.2 Å². The first-order valence-electron chi connectivity index (χ1n) is 10.8. The number of carbonyl (C=O) groups is 2. The lowest BCUT2D eigenvalue weighted by Gasteiger charge is -2.22. The lowest BCUT2D eigenvalue weighted by molar-refractivity contribution is -0.120. The molecule has 0 bridgehead atoms. The van der Waals surface area contributed by atoms with E-state index in [0.29, 0.717) is 31.1 Å². The minimum Gasteiger partial charge on any atom is -0.361 e. The van der Waals surface area contributed by atoms with Crippen molar-refractivity contribution >= 4 is 28.4 Å². The van der Waals surface area contributed by atoms with Gasteiger partial charge in [0.2, 0.25) is 5.91 Å². The largest absolute Gasteiger partial charge is 0.361 e. The van der Waals surface area contributed by atoms with Crippen LogP contribution in [0.5, 0.6) is 0 Å². The number of nitrogens with zero attached hydrogens (tertiary/aromatic N) is 5. The molecular formula is C24H20FN5O3. The Morgan fingerprint density at radius 1 is 1.09 bits per heavy atom. The number of aryl methyl sites for hydroxylation is 1. The summed E-state index contributed by atoms with van der Waals surface area (Å²) in [5.41, 5.74) is 2.09. The van der Waals surface area contributed by atoms with Crippen molar-refractivity contribution in [3.8, 4) is 5.69 Å². The maximum atomic E-state index is 14.4.